The van der Waals surface area contributed by atoms with Gasteiger partial charge in [0.05, 0.1) is 12.7 Å². The van der Waals surface area contributed by atoms with E-state index in [9.17, 15) is 0 Å². The van der Waals surface area contributed by atoms with Crippen molar-refractivity contribution in [3.05, 3.63) is 78.1 Å². The SMILES string of the molecule is C=C/C=C(/C/C=C(\C(=C/C)OCCOC(C)C)c1ccccc1)CCC. The number of rotatable bonds is 12. The Labute approximate surface area is 159 Å². The van der Waals surface area contributed by atoms with Gasteiger partial charge in [0, 0.05) is 5.57 Å². The molecule has 1 rings (SSSR count). The van der Waals surface area contributed by atoms with Gasteiger partial charge < -0.3 is 9.47 Å². The van der Waals surface area contributed by atoms with Crippen LogP contribution in [0.3, 0.4) is 0 Å². The molecule has 0 aromatic heterocycles. The average molecular weight is 355 g/mol. The van der Waals surface area contributed by atoms with Gasteiger partial charge in [-0.1, -0.05) is 74.1 Å². The van der Waals surface area contributed by atoms with Crippen molar-refractivity contribution < 1.29 is 9.47 Å². The van der Waals surface area contributed by atoms with Crippen LogP contribution in [-0.2, 0) is 9.47 Å². The molecule has 0 saturated heterocycles. The predicted octanol–water partition coefficient (Wildman–Crippen LogP) is 6.72. The fraction of sp³-hybridized carbons (Fsp3) is 0.417. The molecule has 2 nitrogen and oxygen atoms in total. The van der Waals surface area contributed by atoms with Crippen LogP contribution in [-0.4, -0.2) is 19.3 Å². The highest BCUT2D eigenvalue weighted by Gasteiger charge is 2.09. The van der Waals surface area contributed by atoms with Gasteiger partial charge in [0.15, 0.2) is 0 Å². The monoisotopic (exact) mass is 354 g/mol. The molecule has 0 bridgehead atoms. The minimum atomic E-state index is 0.220. The van der Waals surface area contributed by atoms with E-state index >= 15 is 0 Å². The maximum atomic E-state index is 6.04. The number of ether oxygens (including phenoxy) is 2. The van der Waals surface area contributed by atoms with Crippen molar-refractivity contribution in [3.8, 4) is 0 Å². The van der Waals surface area contributed by atoms with Gasteiger partial charge in [-0.15, -0.1) is 0 Å². The Balaban J connectivity index is 2.98. The lowest BCUT2D eigenvalue weighted by Gasteiger charge is -2.16. The highest BCUT2D eigenvalue weighted by atomic mass is 16.5. The molecule has 0 fully saturated rings. The zero-order valence-corrected chi connectivity index (χ0v) is 16.8. The first-order valence-electron chi connectivity index (χ1n) is 9.59. The number of hydrogen-bond acceptors (Lipinski definition) is 2. The third-order valence-corrected chi connectivity index (χ3v) is 3.90. The van der Waals surface area contributed by atoms with Gasteiger partial charge in [-0.3, -0.25) is 0 Å². The minimum Gasteiger partial charge on any atom is -0.491 e. The Kier molecular flexibility index (Phi) is 11.1. The molecule has 142 valence electrons. The Morgan fingerprint density at radius 2 is 1.88 bits per heavy atom. The van der Waals surface area contributed by atoms with Gasteiger partial charge in [-0.05, 0) is 45.3 Å². The lowest BCUT2D eigenvalue weighted by atomic mass is 9.99. The second-order valence-electron chi connectivity index (χ2n) is 6.42. The summed E-state index contributed by atoms with van der Waals surface area (Å²) in [6.07, 6.45) is 11.6. The van der Waals surface area contributed by atoms with Crippen molar-refractivity contribution in [2.45, 2.75) is 53.1 Å². The number of hydrogen-bond donors (Lipinski definition) is 0. The van der Waals surface area contributed by atoms with Crippen LogP contribution in [0.5, 0.6) is 0 Å². The molecule has 0 heterocycles. The zero-order chi connectivity index (χ0) is 19.2. The van der Waals surface area contributed by atoms with Gasteiger partial charge in [0.2, 0.25) is 0 Å². The molecule has 0 saturated carbocycles. The van der Waals surface area contributed by atoms with Crippen LogP contribution in [0.1, 0.15) is 52.5 Å². The molecule has 0 aliphatic rings. The summed E-state index contributed by atoms with van der Waals surface area (Å²) in [6.45, 7) is 13.3. The molecular weight excluding hydrogens is 320 g/mol. The second-order valence-corrected chi connectivity index (χ2v) is 6.42. The minimum absolute atomic E-state index is 0.220. The summed E-state index contributed by atoms with van der Waals surface area (Å²) in [7, 11) is 0. The molecule has 1 aromatic rings. The van der Waals surface area contributed by atoms with Crippen molar-refractivity contribution in [3.63, 3.8) is 0 Å². The average Bonchev–Trinajstić information content (AvgIpc) is 2.64. The van der Waals surface area contributed by atoms with E-state index in [0.29, 0.717) is 13.2 Å². The molecule has 0 unspecified atom stereocenters. The highest BCUT2D eigenvalue weighted by Crippen LogP contribution is 2.26. The van der Waals surface area contributed by atoms with Gasteiger partial charge in [0.1, 0.15) is 12.4 Å². The van der Waals surface area contributed by atoms with Gasteiger partial charge in [0.25, 0.3) is 0 Å². The Morgan fingerprint density at radius 1 is 1.15 bits per heavy atom. The Hall–Kier alpha value is -2.06. The predicted molar refractivity (Wildman–Crippen MR) is 113 cm³/mol. The summed E-state index contributed by atoms with van der Waals surface area (Å²) in [5, 5.41) is 0. The van der Waals surface area contributed by atoms with Crippen LogP contribution in [0.2, 0.25) is 0 Å². The van der Waals surface area contributed by atoms with Gasteiger partial charge in [-0.2, -0.15) is 0 Å². The fourth-order valence-corrected chi connectivity index (χ4v) is 2.70. The van der Waals surface area contributed by atoms with Crippen LogP contribution in [0, 0.1) is 0 Å². The van der Waals surface area contributed by atoms with E-state index in [1.165, 1.54) is 11.1 Å². The van der Waals surface area contributed by atoms with Crippen LogP contribution >= 0.6 is 0 Å². The van der Waals surface area contributed by atoms with Gasteiger partial charge >= 0.3 is 0 Å². The molecule has 0 aliphatic carbocycles. The molecule has 1 aromatic carbocycles. The number of benzene rings is 1. The highest BCUT2D eigenvalue weighted by molar-refractivity contribution is 5.77. The van der Waals surface area contributed by atoms with E-state index in [0.717, 1.165) is 30.6 Å². The molecule has 0 atom stereocenters. The number of allylic oxidation sites excluding steroid dienone is 6. The smallest absolute Gasteiger partial charge is 0.122 e. The summed E-state index contributed by atoms with van der Waals surface area (Å²) in [5.41, 5.74) is 3.68. The van der Waals surface area contributed by atoms with E-state index in [-0.39, 0.29) is 6.10 Å². The second kappa shape index (κ2) is 13.2. The molecular formula is C24H34O2. The van der Waals surface area contributed by atoms with E-state index in [1.807, 2.05) is 39.0 Å². The Morgan fingerprint density at radius 3 is 2.46 bits per heavy atom. The topological polar surface area (TPSA) is 18.5 Å². The Bertz CT molecular complexity index is 606. The first-order chi connectivity index (χ1) is 12.6. The van der Waals surface area contributed by atoms with Crippen molar-refractivity contribution in [2.24, 2.45) is 0 Å². The lowest BCUT2D eigenvalue weighted by molar-refractivity contribution is 0.0412. The van der Waals surface area contributed by atoms with Crippen molar-refractivity contribution in [1.29, 1.82) is 0 Å². The fourth-order valence-electron chi connectivity index (χ4n) is 2.70. The van der Waals surface area contributed by atoms with Crippen molar-refractivity contribution in [2.75, 3.05) is 13.2 Å². The molecule has 2 heteroatoms. The van der Waals surface area contributed by atoms with E-state index in [2.05, 4.69) is 49.9 Å². The molecule has 0 amide bonds. The van der Waals surface area contributed by atoms with Crippen LogP contribution in [0.25, 0.3) is 5.57 Å². The summed E-state index contributed by atoms with van der Waals surface area (Å²) in [4.78, 5) is 0. The molecule has 0 spiro atoms. The molecule has 0 N–H and O–H groups in total. The normalized spacial score (nSPS) is 13.2. The summed E-state index contributed by atoms with van der Waals surface area (Å²) in [5.74, 6) is 0.901. The first-order valence-corrected chi connectivity index (χ1v) is 9.59. The standard InChI is InChI=1S/C24H34O2/c1-6-12-21(13-7-2)16-17-23(22-14-10-9-11-15-22)24(8-3)26-19-18-25-20(4)5/h6,8-12,14-15,17,20H,1,7,13,16,18-19H2,2-5H3/b21-12+,23-17-,24-8+. The largest absolute Gasteiger partial charge is 0.491 e. The maximum Gasteiger partial charge on any atom is 0.122 e. The van der Waals surface area contributed by atoms with Crippen molar-refractivity contribution in [1.82, 2.24) is 0 Å². The van der Waals surface area contributed by atoms with Gasteiger partial charge in [-0.25, -0.2) is 0 Å². The third kappa shape index (κ3) is 8.35. The van der Waals surface area contributed by atoms with Crippen molar-refractivity contribution >= 4 is 5.57 Å². The van der Waals surface area contributed by atoms with Crippen LogP contribution in [0.15, 0.2) is 72.5 Å². The quantitative estimate of drug-likeness (QED) is 0.236. The first kappa shape index (κ1) is 22.0. The summed E-state index contributed by atoms with van der Waals surface area (Å²) < 4.78 is 11.6. The van der Waals surface area contributed by atoms with E-state index in [1.54, 1.807) is 0 Å². The van der Waals surface area contributed by atoms with Crippen LogP contribution < -0.4 is 0 Å². The molecule has 0 radical (unpaired) electrons. The molecule has 0 aliphatic heterocycles. The molecule has 26 heavy (non-hydrogen) atoms. The zero-order valence-electron chi connectivity index (χ0n) is 16.8. The third-order valence-electron chi connectivity index (χ3n) is 3.90. The summed E-state index contributed by atoms with van der Waals surface area (Å²) in [6, 6.07) is 10.4. The van der Waals surface area contributed by atoms with E-state index in [4.69, 9.17) is 9.47 Å². The summed E-state index contributed by atoms with van der Waals surface area (Å²) >= 11 is 0. The lowest BCUT2D eigenvalue weighted by Crippen LogP contribution is -2.10. The maximum absolute atomic E-state index is 6.04. The van der Waals surface area contributed by atoms with Crippen LogP contribution in [0.4, 0.5) is 0 Å². The van der Waals surface area contributed by atoms with E-state index < -0.39 is 0 Å².